The number of nitrogens with zero attached hydrogens (tertiary/aromatic N) is 3. The van der Waals surface area contributed by atoms with E-state index in [0.717, 1.165) is 44.3 Å². The fourth-order valence-electron chi connectivity index (χ4n) is 2.05. The van der Waals surface area contributed by atoms with E-state index in [-0.39, 0.29) is 0 Å². The number of hydrogen-bond acceptors (Lipinski definition) is 3. The van der Waals surface area contributed by atoms with Crippen LogP contribution in [0.4, 0.5) is 0 Å². The Balaban J connectivity index is 2.03. The van der Waals surface area contributed by atoms with Gasteiger partial charge in [-0.15, -0.1) is 0 Å². The first-order valence-corrected chi connectivity index (χ1v) is 9.08. The van der Waals surface area contributed by atoms with E-state index in [4.69, 9.17) is 0 Å². The Kier molecular flexibility index (Phi) is 9.78. The lowest BCUT2D eigenvalue weighted by molar-refractivity contribution is 0.587. The minimum atomic E-state index is 0.915. The summed E-state index contributed by atoms with van der Waals surface area (Å²) in [7, 11) is 1.83. The van der Waals surface area contributed by atoms with Crippen LogP contribution in [0.25, 0.3) is 0 Å². The normalized spacial score (nSPS) is 11.7. The zero-order valence-corrected chi connectivity index (χ0v) is 14.4. The van der Waals surface area contributed by atoms with Crippen LogP contribution >= 0.6 is 11.8 Å². The molecule has 0 radical (unpaired) electrons. The van der Waals surface area contributed by atoms with E-state index in [1.807, 2.05) is 38.1 Å². The second-order valence-corrected chi connectivity index (χ2v) is 5.99. The van der Waals surface area contributed by atoms with E-state index < -0.39 is 0 Å². The second-order valence-electron chi connectivity index (χ2n) is 5.00. The maximum absolute atomic E-state index is 4.24. The molecule has 1 heterocycles. The number of hydrogen-bond donors (Lipinski definition) is 2. The number of aliphatic imine (C=N–C) groups is 1. The van der Waals surface area contributed by atoms with Gasteiger partial charge in [-0.05, 0) is 44.6 Å². The lowest BCUT2D eigenvalue weighted by Crippen LogP contribution is -2.38. The van der Waals surface area contributed by atoms with Gasteiger partial charge < -0.3 is 15.2 Å². The van der Waals surface area contributed by atoms with Gasteiger partial charge in [-0.3, -0.25) is 4.99 Å². The number of aryl methyl sites for hydroxylation is 2. The summed E-state index contributed by atoms with van der Waals surface area (Å²) in [4.78, 5) is 8.47. The highest BCUT2D eigenvalue weighted by Crippen LogP contribution is 1.99. The number of guanidine groups is 1. The van der Waals surface area contributed by atoms with Crippen LogP contribution in [0.3, 0.4) is 0 Å². The molecule has 0 aromatic carbocycles. The van der Waals surface area contributed by atoms with Crippen LogP contribution in [0.2, 0.25) is 0 Å². The summed E-state index contributed by atoms with van der Waals surface area (Å²) in [6.07, 6.45) is 10.8. The van der Waals surface area contributed by atoms with Crippen LogP contribution in [0.1, 0.15) is 31.5 Å². The largest absolute Gasteiger partial charge is 0.356 e. The molecule has 0 saturated carbocycles. The van der Waals surface area contributed by atoms with Crippen molar-refractivity contribution < 1.29 is 0 Å². The smallest absolute Gasteiger partial charge is 0.190 e. The standard InChI is InChI=1S/C15H29N5S/c1-14-17-10-12-20(14)11-6-4-8-18-15(16-2)19-9-5-7-13-21-3/h10,12H,4-9,11,13H2,1-3H3,(H2,16,18,19). The van der Waals surface area contributed by atoms with E-state index in [1.165, 1.54) is 18.6 Å². The van der Waals surface area contributed by atoms with Crippen LogP contribution in [0, 0.1) is 6.92 Å². The first-order chi connectivity index (χ1) is 10.3. The summed E-state index contributed by atoms with van der Waals surface area (Å²) in [5.41, 5.74) is 0. The van der Waals surface area contributed by atoms with Crippen molar-refractivity contribution in [1.82, 2.24) is 20.2 Å². The Bertz CT molecular complexity index is 403. The molecule has 1 aromatic heterocycles. The summed E-state index contributed by atoms with van der Waals surface area (Å²) in [6.45, 7) is 5.03. The molecule has 0 aliphatic heterocycles. The van der Waals surface area contributed by atoms with Crippen molar-refractivity contribution in [2.75, 3.05) is 32.1 Å². The highest BCUT2D eigenvalue weighted by Gasteiger charge is 1.98. The molecule has 6 heteroatoms. The fourth-order valence-corrected chi connectivity index (χ4v) is 2.55. The van der Waals surface area contributed by atoms with Gasteiger partial charge in [0.1, 0.15) is 5.82 Å². The Morgan fingerprint density at radius 1 is 1.24 bits per heavy atom. The maximum Gasteiger partial charge on any atom is 0.190 e. The lowest BCUT2D eigenvalue weighted by atomic mass is 10.3. The fraction of sp³-hybridized carbons (Fsp3) is 0.733. The minimum absolute atomic E-state index is 0.915. The Morgan fingerprint density at radius 3 is 2.52 bits per heavy atom. The minimum Gasteiger partial charge on any atom is -0.356 e. The van der Waals surface area contributed by atoms with E-state index in [0.29, 0.717) is 0 Å². The molecule has 0 saturated heterocycles. The number of aromatic nitrogens is 2. The predicted molar refractivity (Wildman–Crippen MR) is 93.2 cm³/mol. The molecule has 0 aliphatic carbocycles. The van der Waals surface area contributed by atoms with Gasteiger partial charge in [0, 0.05) is 39.1 Å². The Morgan fingerprint density at radius 2 is 1.95 bits per heavy atom. The average Bonchev–Trinajstić information content (AvgIpc) is 2.90. The van der Waals surface area contributed by atoms with Gasteiger partial charge in [-0.2, -0.15) is 11.8 Å². The van der Waals surface area contributed by atoms with Crippen molar-refractivity contribution in [3.8, 4) is 0 Å². The molecule has 21 heavy (non-hydrogen) atoms. The molecule has 120 valence electrons. The molecule has 0 aliphatic rings. The molecule has 0 unspecified atom stereocenters. The Labute approximate surface area is 133 Å². The highest BCUT2D eigenvalue weighted by molar-refractivity contribution is 7.98. The zero-order chi connectivity index (χ0) is 15.3. The first kappa shape index (κ1) is 17.9. The molecule has 1 rings (SSSR count). The number of imidazole rings is 1. The van der Waals surface area contributed by atoms with Crippen molar-refractivity contribution in [2.45, 2.75) is 39.2 Å². The first-order valence-electron chi connectivity index (χ1n) is 7.69. The lowest BCUT2D eigenvalue weighted by Gasteiger charge is -2.12. The van der Waals surface area contributed by atoms with Crippen molar-refractivity contribution in [3.05, 3.63) is 18.2 Å². The summed E-state index contributed by atoms with van der Waals surface area (Å²) in [6, 6.07) is 0. The second kappa shape index (κ2) is 11.5. The van der Waals surface area contributed by atoms with E-state index in [1.54, 1.807) is 0 Å². The molecular formula is C15H29N5S. The topological polar surface area (TPSA) is 54.2 Å². The van der Waals surface area contributed by atoms with Gasteiger partial charge >= 0.3 is 0 Å². The Hall–Kier alpha value is -1.17. The van der Waals surface area contributed by atoms with Crippen LogP contribution in [0.15, 0.2) is 17.4 Å². The van der Waals surface area contributed by atoms with Crippen molar-refractivity contribution in [1.29, 1.82) is 0 Å². The van der Waals surface area contributed by atoms with E-state index >= 15 is 0 Å². The van der Waals surface area contributed by atoms with Crippen LogP contribution in [-0.4, -0.2) is 47.7 Å². The number of thioether (sulfide) groups is 1. The maximum atomic E-state index is 4.24. The van der Waals surface area contributed by atoms with Crippen LogP contribution in [0.5, 0.6) is 0 Å². The quantitative estimate of drug-likeness (QED) is 0.395. The SMILES string of the molecule is CN=C(NCCCCSC)NCCCCn1ccnc1C. The molecule has 1 aromatic rings. The summed E-state index contributed by atoms with van der Waals surface area (Å²) >= 11 is 1.91. The molecular weight excluding hydrogens is 282 g/mol. The molecule has 0 amide bonds. The molecule has 2 N–H and O–H groups in total. The van der Waals surface area contributed by atoms with E-state index in [9.17, 15) is 0 Å². The number of nitrogens with one attached hydrogen (secondary N) is 2. The third-order valence-electron chi connectivity index (χ3n) is 3.33. The van der Waals surface area contributed by atoms with Gasteiger partial charge in [0.25, 0.3) is 0 Å². The van der Waals surface area contributed by atoms with Gasteiger partial charge in [0.05, 0.1) is 0 Å². The van der Waals surface area contributed by atoms with Crippen molar-refractivity contribution >= 4 is 17.7 Å². The summed E-state index contributed by atoms with van der Waals surface area (Å²) in [5, 5.41) is 6.72. The molecule has 0 bridgehead atoms. The zero-order valence-electron chi connectivity index (χ0n) is 13.6. The highest BCUT2D eigenvalue weighted by atomic mass is 32.2. The van der Waals surface area contributed by atoms with Gasteiger partial charge in [0.2, 0.25) is 0 Å². The number of unbranched alkanes of at least 4 members (excludes halogenated alkanes) is 2. The van der Waals surface area contributed by atoms with Crippen molar-refractivity contribution in [2.24, 2.45) is 4.99 Å². The molecule has 0 atom stereocenters. The molecule has 0 fully saturated rings. The number of rotatable bonds is 10. The van der Waals surface area contributed by atoms with Gasteiger partial charge in [0.15, 0.2) is 5.96 Å². The van der Waals surface area contributed by atoms with Crippen molar-refractivity contribution in [3.63, 3.8) is 0 Å². The summed E-state index contributed by atoms with van der Waals surface area (Å²) in [5.74, 6) is 3.24. The summed E-state index contributed by atoms with van der Waals surface area (Å²) < 4.78 is 2.19. The third-order valence-corrected chi connectivity index (χ3v) is 4.03. The van der Waals surface area contributed by atoms with Gasteiger partial charge in [-0.25, -0.2) is 4.98 Å². The predicted octanol–water partition coefficient (Wildman–Crippen LogP) is 2.28. The molecule has 5 nitrogen and oxygen atoms in total. The van der Waals surface area contributed by atoms with Crippen LogP contribution < -0.4 is 10.6 Å². The monoisotopic (exact) mass is 311 g/mol. The van der Waals surface area contributed by atoms with Gasteiger partial charge in [-0.1, -0.05) is 0 Å². The molecule has 0 spiro atoms. The van der Waals surface area contributed by atoms with E-state index in [2.05, 4.69) is 31.4 Å². The third kappa shape index (κ3) is 7.99. The van der Waals surface area contributed by atoms with Crippen LogP contribution in [-0.2, 0) is 6.54 Å². The average molecular weight is 311 g/mol.